The van der Waals surface area contributed by atoms with Crippen LogP contribution in [-0.2, 0) is 0 Å². The molecule has 2 bridgehead atoms. The minimum atomic E-state index is -1.28. The highest BCUT2D eigenvalue weighted by Crippen LogP contribution is 2.70. The normalized spacial score (nSPS) is 46.6. The lowest BCUT2D eigenvalue weighted by Gasteiger charge is -2.48. The molecule has 90 valence electrons. The molecule has 0 radical (unpaired) electrons. The van der Waals surface area contributed by atoms with Crippen LogP contribution in [0.3, 0.4) is 0 Å². The monoisotopic (exact) mass is 224 g/mol. The van der Waals surface area contributed by atoms with Crippen molar-refractivity contribution >= 4 is 0 Å². The molecule has 0 amide bonds. The Morgan fingerprint density at radius 1 is 1.50 bits per heavy atom. The van der Waals surface area contributed by atoms with Crippen molar-refractivity contribution in [2.45, 2.75) is 44.8 Å². The Balaban J connectivity index is 2.55. The molecular formula is C13H20O3. The van der Waals surface area contributed by atoms with Crippen molar-refractivity contribution in [2.24, 2.45) is 16.7 Å². The van der Waals surface area contributed by atoms with Crippen LogP contribution in [-0.4, -0.2) is 33.6 Å². The molecule has 0 aromatic carbocycles. The Labute approximate surface area is 96.5 Å². The maximum atomic E-state index is 10.6. The van der Waals surface area contributed by atoms with Gasteiger partial charge in [-0.15, -0.1) is 6.42 Å². The van der Waals surface area contributed by atoms with Crippen molar-refractivity contribution in [3.8, 4) is 12.3 Å². The Bertz CT molecular complexity index is 344. The molecular weight excluding hydrogens is 204 g/mol. The fourth-order valence-electron chi connectivity index (χ4n) is 4.30. The fraction of sp³-hybridized carbons (Fsp3) is 0.846. The van der Waals surface area contributed by atoms with Gasteiger partial charge in [-0.2, -0.15) is 0 Å². The van der Waals surface area contributed by atoms with Gasteiger partial charge in [0.05, 0.1) is 12.7 Å². The highest BCUT2D eigenvalue weighted by atomic mass is 16.3. The predicted molar refractivity (Wildman–Crippen MR) is 60.4 cm³/mol. The molecule has 4 atom stereocenters. The van der Waals surface area contributed by atoms with Crippen molar-refractivity contribution in [3.63, 3.8) is 0 Å². The van der Waals surface area contributed by atoms with Gasteiger partial charge in [0.1, 0.15) is 5.60 Å². The molecule has 2 saturated carbocycles. The number of terminal acetylenes is 1. The first kappa shape index (κ1) is 11.9. The molecule has 0 spiro atoms. The largest absolute Gasteiger partial charge is 0.394 e. The summed E-state index contributed by atoms with van der Waals surface area (Å²) < 4.78 is 0. The van der Waals surface area contributed by atoms with Gasteiger partial charge >= 0.3 is 0 Å². The van der Waals surface area contributed by atoms with Gasteiger partial charge in [0, 0.05) is 5.41 Å². The van der Waals surface area contributed by atoms with Crippen LogP contribution < -0.4 is 0 Å². The van der Waals surface area contributed by atoms with E-state index in [1.54, 1.807) is 0 Å². The van der Waals surface area contributed by atoms with E-state index >= 15 is 0 Å². The third kappa shape index (κ3) is 1.01. The molecule has 3 heteroatoms. The molecule has 3 nitrogen and oxygen atoms in total. The first-order valence-corrected chi connectivity index (χ1v) is 5.85. The van der Waals surface area contributed by atoms with Crippen molar-refractivity contribution in [1.82, 2.24) is 0 Å². The van der Waals surface area contributed by atoms with E-state index in [0.29, 0.717) is 18.8 Å². The van der Waals surface area contributed by atoms with Crippen LogP contribution >= 0.6 is 0 Å². The summed E-state index contributed by atoms with van der Waals surface area (Å²) >= 11 is 0. The average Bonchev–Trinajstić information content (AvgIpc) is 2.60. The van der Waals surface area contributed by atoms with E-state index in [4.69, 9.17) is 6.42 Å². The van der Waals surface area contributed by atoms with Crippen LogP contribution in [0.15, 0.2) is 0 Å². The van der Waals surface area contributed by atoms with E-state index in [1.165, 1.54) is 0 Å². The maximum Gasteiger partial charge on any atom is 0.134 e. The molecule has 0 heterocycles. The minimum Gasteiger partial charge on any atom is -0.394 e. The van der Waals surface area contributed by atoms with Gasteiger partial charge in [-0.05, 0) is 30.6 Å². The van der Waals surface area contributed by atoms with E-state index in [1.807, 2.05) is 13.8 Å². The molecule has 0 saturated heterocycles. The molecule has 3 N–H and O–H groups in total. The van der Waals surface area contributed by atoms with E-state index in [0.717, 1.165) is 6.42 Å². The lowest BCUT2D eigenvalue weighted by atomic mass is 9.60. The molecule has 0 aromatic rings. The third-order valence-electron chi connectivity index (χ3n) is 5.32. The summed E-state index contributed by atoms with van der Waals surface area (Å²) in [7, 11) is 0. The number of hydrogen-bond donors (Lipinski definition) is 3. The van der Waals surface area contributed by atoms with Gasteiger partial charge in [0.15, 0.2) is 0 Å². The van der Waals surface area contributed by atoms with Crippen LogP contribution in [0.5, 0.6) is 0 Å². The van der Waals surface area contributed by atoms with Crippen LogP contribution in [0.1, 0.15) is 33.1 Å². The van der Waals surface area contributed by atoms with Crippen LogP contribution in [0.2, 0.25) is 0 Å². The Kier molecular flexibility index (Phi) is 2.40. The maximum absolute atomic E-state index is 10.6. The summed E-state index contributed by atoms with van der Waals surface area (Å²) in [4.78, 5) is 0. The topological polar surface area (TPSA) is 60.7 Å². The van der Waals surface area contributed by atoms with E-state index in [-0.39, 0.29) is 12.0 Å². The molecule has 16 heavy (non-hydrogen) atoms. The zero-order valence-corrected chi connectivity index (χ0v) is 9.90. The van der Waals surface area contributed by atoms with Gasteiger partial charge in [0.25, 0.3) is 0 Å². The van der Waals surface area contributed by atoms with Gasteiger partial charge < -0.3 is 15.3 Å². The van der Waals surface area contributed by atoms with Gasteiger partial charge in [-0.25, -0.2) is 0 Å². The first-order chi connectivity index (χ1) is 7.35. The van der Waals surface area contributed by atoms with E-state index < -0.39 is 17.1 Å². The Hall–Kier alpha value is -0.560. The lowest BCUT2D eigenvalue weighted by Crippen LogP contribution is -2.56. The molecule has 1 unspecified atom stereocenters. The first-order valence-electron chi connectivity index (χ1n) is 5.85. The van der Waals surface area contributed by atoms with Crippen molar-refractivity contribution < 1.29 is 15.3 Å². The van der Waals surface area contributed by atoms with Crippen LogP contribution in [0.4, 0.5) is 0 Å². The van der Waals surface area contributed by atoms with E-state index in [9.17, 15) is 15.3 Å². The number of aliphatic hydroxyl groups excluding tert-OH is 2. The molecule has 2 fully saturated rings. The Morgan fingerprint density at radius 2 is 2.12 bits per heavy atom. The summed E-state index contributed by atoms with van der Waals surface area (Å²) in [5, 5.41) is 29.9. The van der Waals surface area contributed by atoms with Crippen LogP contribution in [0, 0.1) is 29.1 Å². The van der Waals surface area contributed by atoms with Gasteiger partial charge in [-0.3, -0.25) is 0 Å². The zero-order valence-electron chi connectivity index (χ0n) is 9.90. The molecule has 0 aromatic heterocycles. The number of fused-ring (bicyclic) bond motifs is 2. The lowest BCUT2D eigenvalue weighted by molar-refractivity contribution is -0.145. The minimum absolute atomic E-state index is 0.226. The Morgan fingerprint density at radius 3 is 2.56 bits per heavy atom. The molecule has 2 aliphatic carbocycles. The molecule has 2 aliphatic rings. The SMILES string of the molecule is C#C[C@@]1(O)C[C@H]2CC[C@]1(C(O)CO)C2(C)C. The zero-order chi connectivity index (χ0) is 12.2. The summed E-state index contributed by atoms with van der Waals surface area (Å²) in [5.74, 6) is 2.80. The van der Waals surface area contributed by atoms with Crippen molar-refractivity contribution in [2.75, 3.05) is 6.61 Å². The van der Waals surface area contributed by atoms with Crippen molar-refractivity contribution in [3.05, 3.63) is 0 Å². The third-order valence-corrected chi connectivity index (χ3v) is 5.32. The fourth-order valence-corrected chi connectivity index (χ4v) is 4.30. The number of rotatable bonds is 2. The average molecular weight is 224 g/mol. The summed E-state index contributed by atoms with van der Waals surface area (Å²) in [5.41, 5.74) is -2.26. The molecule has 2 rings (SSSR count). The summed E-state index contributed by atoms with van der Waals surface area (Å²) in [6, 6.07) is 0. The predicted octanol–water partition coefficient (Wildman–Crippen LogP) is 0.530. The highest BCUT2D eigenvalue weighted by molar-refractivity contribution is 5.30. The highest BCUT2D eigenvalue weighted by Gasteiger charge is 2.73. The number of hydrogen-bond acceptors (Lipinski definition) is 3. The van der Waals surface area contributed by atoms with Gasteiger partial charge in [0.2, 0.25) is 0 Å². The summed E-state index contributed by atoms with van der Waals surface area (Å²) in [6.45, 7) is 3.73. The van der Waals surface area contributed by atoms with E-state index in [2.05, 4.69) is 5.92 Å². The summed E-state index contributed by atoms with van der Waals surface area (Å²) in [6.07, 6.45) is 6.70. The second-order valence-corrected chi connectivity index (χ2v) is 5.84. The standard InChI is InChI=1S/C13H20O3/c1-4-12(16)7-9-5-6-13(12,10(15)8-14)11(9,2)3/h1,9-10,14-16H,5-8H2,2-3H3/t9-,10?,12-,13+/m1/s1. The van der Waals surface area contributed by atoms with Crippen molar-refractivity contribution in [1.29, 1.82) is 0 Å². The van der Waals surface area contributed by atoms with Gasteiger partial charge in [-0.1, -0.05) is 19.8 Å². The quantitative estimate of drug-likeness (QED) is 0.600. The molecule has 0 aliphatic heterocycles. The smallest absolute Gasteiger partial charge is 0.134 e. The number of aliphatic hydroxyl groups is 3. The van der Waals surface area contributed by atoms with Crippen LogP contribution in [0.25, 0.3) is 0 Å². The second kappa shape index (κ2) is 3.22. The second-order valence-electron chi connectivity index (χ2n) is 5.84.